The summed E-state index contributed by atoms with van der Waals surface area (Å²) in [4.78, 5) is 0. The normalized spacial score (nSPS) is 31.5. The van der Waals surface area contributed by atoms with Crippen LogP contribution in [0.15, 0.2) is 91.8 Å². The van der Waals surface area contributed by atoms with Crippen molar-refractivity contribution in [2.75, 3.05) is 0 Å². The molecule has 0 N–H and O–H groups in total. The molecule has 2 aliphatic rings. The van der Waals surface area contributed by atoms with Gasteiger partial charge in [0.2, 0.25) is 0 Å². The van der Waals surface area contributed by atoms with E-state index in [0.717, 1.165) is 12.2 Å². The number of rotatable bonds is 3. The maximum absolute atomic E-state index is 6.30. The van der Waals surface area contributed by atoms with Crippen LogP contribution in [-0.2, 0) is 10.2 Å². The molecule has 128 valence electrons. The Hall–Kier alpha value is -2.54. The van der Waals surface area contributed by atoms with Crippen molar-refractivity contribution >= 4 is 5.57 Å². The summed E-state index contributed by atoms with van der Waals surface area (Å²) in [5.74, 6) is 1.07. The molecule has 1 heteroatoms. The minimum Gasteiger partial charge on any atom is -0.486 e. The number of allylic oxidation sites excluding steroid dienone is 6. The molecule has 0 aromatic heterocycles. The summed E-state index contributed by atoms with van der Waals surface area (Å²) in [5.41, 5.74) is 4.74. The molecule has 1 aromatic carbocycles. The van der Waals surface area contributed by atoms with Gasteiger partial charge in [-0.1, -0.05) is 74.4 Å². The van der Waals surface area contributed by atoms with Gasteiger partial charge in [0.1, 0.15) is 11.9 Å². The van der Waals surface area contributed by atoms with Crippen LogP contribution in [0.25, 0.3) is 5.57 Å². The van der Waals surface area contributed by atoms with Crippen LogP contribution in [0, 0.1) is 5.92 Å². The zero-order valence-corrected chi connectivity index (χ0v) is 15.2. The second kappa shape index (κ2) is 6.76. The van der Waals surface area contributed by atoms with Crippen LogP contribution in [-0.4, -0.2) is 6.10 Å². The quantitative estimate of drug-likeness (QED) is 0.605. The van der Waals surface area contributed by atoms with Gasteiger partial charge in [-0.15, -0.1) is 0 Å². The summed E-state index contributed by atoms with van der Waals surface area (Å²) in [6.07, 6.45) is 13.1. The van der Waals surface area contributed by atoms with Crippen LogP contribution < -0.4 is 0 Å². The topological polar surface area (TPSA) is 9.23 Å². The third kappa shape index (κ3) is 2.46. The number of hydrogen-bond acceptors (Lipinski definition) is 1. The highest BCUT2D eigenvalue weighted by Crippen LogP contribution is 2.59. The minimum atomic E-state index is -0.201. The molecule has 3 rings (SSSR count). The highest BCUT2D eigenvalue weighted by molar-refractivity contribution is 5.78. The summed E-state index contributed by atoms with van der Waals surface area (Å²) in [6.45, 7) is 16.4. The van der Waals surface area contributed by atoms with E-state index in [1.807, 2.05) is 25.2 Å². The number of hydrogen-bond donors (Lipinski definition) is 0. The smallest absolute Gasteiger partial charge is 0.124 e. The first-order valence-corrected chi connectivity index (χ1v) is 8.83. The van der Waals surface area contributed by atoms with E-state index in [1.54, 1.807) is 0 Å². The Morgan fingerprint density at radius 2 is 1.96 bits per heavy atom. The molecule has 3 unspecified atom stereocenters. The lowest BCUT2D eigenvalue weighted by molar-refractivity contribution is 0.0611. The summed E-state index contributed by atoms with van der Waals surface area (Å²) in [6, 6.07) is 8.62. The third-order valence-electron chi connectivity index (χ3n) is 5.39. The lowest BCUT2D eigenvalue weighted by Crippen LogP contribution is -2.46. The molecule has 0 amide bonds. The summed E-state index contributed by atoms with van der Waals surface area (Å²) < 4.78 is 6.30. The van der Waals surface area contributed by atoms with Crippen LogP contribution in [0.4, 0.5) is 0 Å². The zero-order valence-electron chi connectivity index (χ0n) is 15.2. The Kier molecular flexibility index (Phi) is 4.67. The summed E-state index contributed by atoms with van der Waals surface area (Å²) >= 11 is 0. The van der Waals surface area contributed by atoms with Gasteiger partial charge in [0, 0.05) is 16.9 Å². The molecule has 3 atom stereocenters. The average Bonchev–Trinajstić information content (AvgIpc) is 2.93. The van der Waals surface area contributed by atoms with Crippen molar-refractivity contribution in [3.63, 3.8) is 0 Å². The molecule has 1 aliphatic heterocycles. The molecule has 1 aliphatic carbocycles. The second-order valence-corrected chi connectivity index (χ2v) is 6.64. The molecule has 0 saturated carbocycles. The lowest BCUT2D eigenvalue weighted by Gasteiger charge is -2.47. The molecule has 1 heterocycles. The molecule has 1 spiro atoms. The monoisotopic (exact) mass is 330 g/mol. The van der Waals surface area contributed by atoms with Crippen LogP contribution in [0.5, 0.6) is 0 Å². The summed E-state index contributed by atoms with van der Waals surface area (Å²) in [5, 5.41) is 0. The van der Waals surface area contributed by atoms with Crippen LogP contribution in [0.1, 0.15) is 31.4 Å². The second-order valence-electron chi connectivity index (χ2n) is 6.64. The maximum atomic E-state index is 6.30. The van der Waals surface area contributed by atoms with E-state index in [9.17, 15) is 0 Å². The van der Waals surface area contributed by atoms with E-state index in [2.05, 4.69) is 69.2 Å². The Morgan fingerprint density at radius 3 is 2.60 bits per heavy atom. The first kappa shape index (κ1) is 17.3. The van der Waals surface area contributed by atoms with E-state index in [4.69, 9.17) is 4.74 Å². The van der Waals surface area contributed by atoms with Gasteiger partial charge >= 0.3 is 0 Å². The molecule has 0 radical (unpaired) electrons. The SMILES string of the molecule is C=C/C=C1\C(=C/C)OC(C=C)C(/C=C\C)C12CC(=C)c1ccccc12. The van der Waals surface area contributed by atoms with E-state index in [1.165, 1.54) is 22.3 Å². The Balaban J connectivity index is 2.37. The van der Waals surface area contributed by atoms with Crippen molar-refractivity contribution in [1.82, 2.24) is 0 Å². The van der Waals surface area contributed by atoms with Crippen LogP contribution in [0.3, 0.4) is 0 Å². The Morgan fingerprint density at radius 1 is 1.20 bits per heavy atom. The van der Waals surface area contributed by atoms with Gasteiger partial charge in [-0.25, -0.2) is 0 Å². The van der Waals surface area contributed by atoms with Crippen LogP contribution in [0.2, 0.25) is 0 Å². The molecule has 1 fully saturated rings. The highest BCUT2D eigenvalue weighted by atomic mass is 16.5. The predicted molar refractivity (Wildman–Crippen MR) is 107 cm³/mol. The van der Waals surface area contributed by atoms with Crippen molar-refractivity contribution in [3.05, 3.63) is 103 Å². The fourth-order valence-corrected chi connectivity index (χ4v) is 4.46. The predicted octanol–water partition coefficient (Wildman–Crippen LogP) is 6.13. The maximum Gasteiger partial charge on any atom is 0.124 e. The van der Waals surface area contributed by atoms with Crippen LogP contribution >= 0.6 is 0 Å². The van der Waals surface area contributed by atoms with Crippen molar-refractivity contribution in [2.24, 2.45) is 5.92 Å². The number of benzene rings is 1. The van der Waals surface area contributed by atoms with Crippen molar-refractivity contribution in [3.8, 4) is 0 Å². The van der Waals surface area contributed by atoms with Crippen molar-refractivity contribution in [2.45, 2.75) is 31.8 Å². The molecular weight excluding hydrogens is 304 g/mol. The van der Waals surface area contributed by atoms with Crippen molar-refractivity contribution in [1.29, 1.82) is 0 Å². The largest absolute Gasteiger partial charge is 0.486 e. The van der Waals surface area contributed by atoms with E-state index in [-0.39, 0.29) is 17.4 Å². The van der Waals surface area contributed by atoms with Gasteiger partial charge in [0.05, 0.1) is 0 Å². The Bertz CT molecular complexity index is 805. The fraction of sp³-hybridized carbons (Fsp3) is 0.250. The van der Waals surface area contributed by atoms with Gasteiger partial charge in [-0.2, -0.15) is 0 Å². The van der Waals surface area contributed by atoms with Gasteiger partial charge < -0.3 is 4.74 Å². The standard InChI is InChI=1S/C24H26O/c1-6-12-20-22(8-3)25-23(9-4)21(13-7-2)24(20)16-17(5)18-14-10-11-15-19(18)24/h6-15,21,23H,1,4-5,16H2,2-3H3/b13-7-,20-12+,22-8+. The number of fused-ring (bicyclic) bond motifs is 2. The first-order valence-electron chi connectivity index (χ1n) is 8.83. The van der Waals surface area contributed by atoms with E-state index < -0.39 is 0 Å². The summed E-state index contributed by atoms with van der Waals surface area (Å²) in [7, 11) is 0. The van der Waals surface area contributed by atoms with Gasteiger partial charge in [-0.3, -0.25) is 0 Å². The minimum absolute atomic E-state index is 0.0803. The van der Waals surface area contributed by atoms with E-state index >= 15 is 0 Å². The van der Waals surface area contributed by atoms with Gasteiger partial charge in [0.15, 0.2) is 0 Å². The first-order chi connectivity index (χ1) is 12.1. The zero-order chi connectivity index (χ0) is 18.0. The molecule has 0 bridgehead atoms. The number of ether oxygens (including phenoxy) is 1. The van der Waals surface area contributed by atoms with Gasteiger partial charge in [-0.05, 0) is 43.0 Å². The van der Waals surface area contributed by atoms with Gasteiger partial charge in [0.25, 0.3) is 0 Å². The Labute approximate surface area is 151 Å². The molecule has 25 heavy (non-hydrogen) atoms. The average molecular weight is 330 g/mol. The van der Waals surface area contributed by atoms with E-state index in [0.29, 0.717) is 0 Å². The molecule has 1 aromatic rings. The fourth-order valence-electron chi connectivity index (χ4n) is 4.46. The molecule has 1 nitrogen and oxygen atoms in total. The molecule has 1 saturated heterocycles. The van der Waals surface area contributed by atoms with Crippen molar-refractivity contribution < 1.29 is 4.74 Å². The highest BCUT2D eigenvalue weighted by Gasteiger charge is 2.54. The third-order valence-corrected chi connectivity index (χ3v) is 5.39. The molecular formula is C24H26O. The lowest BCUT2D eigenvalue weighted by atomic mass is 9.61.